The SMILES string of the molecule is C/C=C(/C(=O)C1COc2ccc(Cl)cc2C1)c1cnc(Br)cc1C. The van der Waals surface area contributed by atoms with Crippen molar-refractivity contribution in [3.63, 3.8) is 0 Å². The highest BCUT2D eigenvalue weighted by molar-refractivity contribution is 9.10. The predicted octanol–water partition coefficient (Wildman–Crippen LogP) is 5.03. The number of carbonyl (C=O) groups is 1. The molecule has 1 aromatic heterocycles. The summed E-state index contributed by atoms with van der Waals surface area (Å²) in [5, 5.41) is 0.657. The van der Waals surface area contributed by atoms with Gasteiger partial charge in [0.2, 0.25) is 0 Å². The molecule has 0 spiro atoms. The molecule has 2 aromatic rings. The fraction of sp³-hybridized carbons (Fsp3) is 0.263. The number of rotatable bonds is 3. The second-order valence-electron chi connectivity index (χ2n) is 5.85. The summed E-state index contributed by atoms with van der Waals surface area (Å²) in [5.41, 5.74) is 3.54. The zero-order valence-corrected chi connectivity index (χ0v) is 15.8. The minimum atomic E-state index is -0.217. The Bertz CT molecular complexity index is 832. The average molecular weight is 407 g/mol. The van der Waals surface area contributed by atoms with Crippen molar-refractivity contribution >= 4 is 38.9 Å². The van der Waals surface area contributed by atoms with E-state index in [4.69, 9.17) is 16.3 Å². The van der Waals surface area contributed by atoms with E-state index >= 15 is 0 Å². The van der Waals surface area contributed by atoms with E-state index in [2.05, 4.69) is 20.9 Å². The number of Topliss-reactive ketones (excluding diaryl/α,β-unsaturated/α-hetero) is 1. The first-order valence-corrected chi connectivity index (χ1v) is 8.91. The Labute approximate surface area is 154 Å². The van der Waals surface area contributed by atoms with E-state index in [9.17, 15) is 4.79 Å². The summed E-state index contributed by atoms with van der Waals surface area (Å²) >= 11 is 9.42. The fourth-order valence-electron chi connectivity index (χ4n) is 2.99. The maximum absolute atomic E-state index is 13.0. The van der Waals surface area contributed by atoms with Gasteiger partial charge in [0.1, 0.15) is 10.4 Å². The third-order valence-corrected chi connectivity index (χ3v) is 4.89. The first-order chi connectivity index (χ1) is 11.5. The van der Waals surface area contributed by atoms with Gasteiger partial charge in [0, 0.05) is 22.4 Å². The van der Waals surface area contributed by atoms with Crippen LogP contribution in [0.5, 0.6) is 5.75 Å². The van der Waals surface area contributed by atoms with Gasteiger partial charge in [-0.2, -0.15) is 0 Å². The van der Waals surface area contributed by atoms with Crippen molar-refractivity contribution in [1.82, 2.24) is 4.98 Å². The molecule has 0 amide bonds. The standard InChI is InChI=1S/C19H17BrClNO2/c1-3-15(16-9-22-18(20)6-11(16)2)19(23)13-7-12-8-14(21)4-5-17(12)24-10-13/h3-6,8-9,13H,7,10H2,1-2H3/b15-3+. The van der Waals surface area contributed by atoms with E-state index in [0.717, 1.165) is 27.0 Å². The number of benzene rings is 1. The van der Waals surface area contributed by atoms with Gasteiger partial charge in [-0.05, 0) is 71.6 Å². The van der Waals surface area contributed by atoms with Gasteiger partial charge in [-0.25, -0.2) is 4.98 Å². The van der Waals surface area contributed by atoms with Crippen molar-refractivity contribution in [2.45, 2.75) is 20.3 Å². The summed E-state index contributed by atoms with van der Waals surface area (Å²) in [5.74, 6) is 0.674. The Morgan fingerprint density at radius 1 is 1.42 bits per heavy atom. The van der Waals surface area contributed by atoms with Gasteiger partial charge in [-0.15, -0.1) is 0 Å². The maximum Gasteiger partial charge on any atom is 0.170 e. The molecule has 0 saturated heterocycles. The Kier molecular flexibility index (Phi) is 5.07. The van der Waals surface area contributed by atoms with Crippen LogP contribution in [-0.4, -0.2) is 17.4 Å². The molecule has 0 aliphatic carbocycles. The smallest absolute Gasteiger partial charge is 0.170 e. The molecule has 3 nitrogen and oxygen atoms in total. The Morgan fingerprint density at radius 2 is 2.21 bits per heavy atom. The number of allylic oxidation sites excluding steroid dienone is 2. The van der Waals surface area contributed by atoms with E-state index in [1.807, 2.05) is 38.1 Å². The highest BCUT2D eigenvalue weighted by Crippen LogP contribution is 2.33. The van der Waals surface area contributed by atoms with E-state index in [1.165, 1.54) is 0 Å². The normalized spacial score (nSPS) is 17.2. The van der Waals surface area contributed by atoms with Crippen molar-refractivity contribution in [2.75, 3.05) is 6.61 Å². The van der Waals surface area contributed by atoms with E-state index < -0.39 is 0 Å². The zero-order chi connectivity index (χ0) is 17.3. The minimum absolute atomic E-state index is 0.0790. The molecule has 1 aliphatic heterocycles. The number of ketones is 1. The van der Waals surface area contributed by atoms with Crippen LogP contribution in [0.15, 0.2) is 41.1 Å². The number of aryl methyl sites for hydroxylation is 1. The molecule has 0 bridgehead atoms. The summed E-state index contributed by atoms with van der Waals surface area (Å²) in [7, 11) is 0. The molecule has 2 heterocycles. The second-order valence-corrected chi connectivity index (χ2v) is 7.10. The van der Waals surface area contributed by atoms with Gasteiger partial charge in [0.05, 0.1) is 12.5 Å². The van der Waals surface area contributed by atoms with Crippen molar-refractivity contribution in [3.8, 4) is 5.75 Å². The third-order valence-electron chi connectivity index (χ3n) is 4.22. The lowest BCUT2D eigenvalue weighted by molar-refractivity contribution is -0.118. The highest BCUT2D eigenvalue weighted by atomic mass is 79.9. The zero-order valence-electron chi connectivity index (χ0n) is 13.5. The monoisotopic (exact) mass is 405 g/mol. The number of hydrogen-bond donors (Lipinski definition) is 0. The minimum Gasteiger partial charge on any atom is -0.493 e. The molecule has 0 radical (unpaired) electrons. The lowest BCUT2D eigenvalue weighted by atomic mass is 9.86. The molecule has 0 fully saturated rings. The van der Waals surface area contributed by atoms with E-state index in [0.29, 0.717) is 23.6 Å². The van der Waals surface area contributed by atoms with Gasteiger partial charge in [0.15, 0.2) is 5.78 Å². The molecule has 1 aromatic carbocycles. The lowest BCUT2D eigenvalue weighted by Crippen LogP contribution is -2.29. The molecule has 124 valence electrons. The number of pyridine rings is 1. The Balaban J connectivity index is 1.88. The van der Waals surface area contributed by atoms with Crippen molar-refractivity contribution in [2.24, 2.45) is 5.92 Å². The van der Waals surface area contributed by atoms with Crippen LogP contribution < -0.4 is 4.74 Å². The molecule has 0 N–H and O–H groups in total. The van der Waals surface area contributed by atoms with E-state index in [-0.39, 0.29) is 11.7 Å². The third kappa shape index (κ3) is 3.40. The van der Waals surface area contributed by atoms with Crippen LogP contribution in [0.2, 0.25) is 5.02 Å². The molecule has 0 saturated carbocycles. The highest BCUT2D eigenvalue weighted by Gasteiger charge is 2.29. The Hall–Kier alpha value is -1.65. The molecule has 1 aliphatic rings. The number of fused-ring (bicyclic) bond motifs is 1. The number of halogens is 2. The van der Waals surface area contributed by atoms with Gasteiger partial charge in [0.25, 0.3) is 0 Å². The molecule has 5 heteroatoms. The van der Waals surface area contributed by atoms with Crippen molar-refractivity contribution in [1.29, 1.82) is 0 Å². The van der Waals surface area contributed by atoms with Gasteiger partial charge < -0.3 is 4.74 Å². The van der Waals surface area contributed by atoms with Crippen LogP contribution in [0.1, 0.15) is 23.6 Å². The number of hydrogen-bond acceptors (Lipinski definition) is 3. The topological polar surface area (TPSA) is 39.2 Å². The molecular formula is C19H17BrClNO2. The molecule has 3 rings (SSSR count). The predicted molar refractivity (Wildman–Crippen MR) is 99.5 cm³/mol. The number of aromatic nitrogens is 1. The summed E-state index contributed by atoms with van der Waals surface area (Å²) in [6.45, 7) is 4.24. The quantitative estimate of drug-likeness (QED) is 0.530. The van der Waals surface area contributed by atoms with Crippen LogP contribution in [-0.2, 0) is 11.2 Å². The first-order valence-electron chi connectivity index (χ1n) is 7.74. The number of nitrogens with zero attached hydrogens (tertiary/aromatic N) is 1. The van der Waals surface area contributed by atoms with Gasteiger partial charge >= 0.3 is 0 Å². The average Bonchev–Trinajstić information content (AvgIpc) is 2.56. The number of ether oxygens (including phenoxy) is 1. The van der Waals surface area contributed by atoms with Crippen molar-refractivity contribution < 1.29 is 9.53 Å². The number of carbonyl (C=O) groups excluding carboxylic acids is 1. The Morgan fingerprint density at radius 3 is 2.92 bits per heavy atom. The maximum atomic E-state index is 13.0. The summed E-state index contributed by atoms with van der Waals surface area (Å²) in [4.78, 5) is 17.3. The first kappa shape index (κ1) is 17.2. The van der Waals surface area contributed by atoms with E-state index in [1.54, 1.807) is 12.3 Å². The van der Waals surface area contributed by atoms with Crippen LogP contribution >= 0.6 is 27.5 Å². The molecular weight excluding hydrogens is 390 g/mol. The summed E-state index contributed by atoms with van der Waals surface area (Å²) < 4.78 is 6.52. The van der Waals surface area contributed by atoms with Crippen LogP contribution in [0, 0.1) is 12.8 Å². The molecule has 1 unspecified atom stereocenters. The van der Waals surface area contributed by atoms with Gasteiger partial charge in [-0.1, -0.05) is 17.7 Å². The van der Waals surface area contributed by atoms with Gasteiger partial charge in [-0.3, -0.25) is 4.79 Å². The van der Waals surface area contributed by atoms with Crippen molar-refractivity contribution in [3.05, 3.63) is 62.9 Å². The second kappa shape index (κ2) is 7.08. The molecule has 24 heavy (non-hydrogen) atoms. The summed E-state index contributed by atoms with van der Waals surface area (Å²) in [6.07, 6.45) is 4.23. The molecule has 1 atom stereocenters. The summed E-state index contributed by atoms with van der Waals surface area (Å²) in [6, 6.07) is 7.45. The van der Waals surface area contributed by atoms with Crippen LogP contribution in [0.3, 0.4) is 0 Å². The fourth-order valence-corrected chi connectivity index (χ4v) is 3.63. The van der Waals surface area contributed by atoms with Crippen LogP contribution in [0.4, 0.5) is 0 Å². The lowest BCUT2D eigenvalue weighted by Gasteiger charge is -2.25. The van der Waals surface area contributed by atoms with Crippen LogP contribution in [0.25, 0.3) is 5.57 Å². The largest absolute Gasteiger partial charge is 0.493 e.